The number of anilines is 1. The van der Waals surface area contributed by atoms with E-state index >= 15 is 0 Å². The smallest absolute Gasteiger partial charge is 0.306 e. The average molecular weight is 438 g/mol. The molecule has 8 heteroatoms. The second-order valence-corrected chi connectivity index (χ2v) is 8.63. The summed E-state index contributed by atoms with van der Waals surface area (Å²) in [4.78, 5) is 23.6. The van der Waals surface area contributed by atoms with E-state index in [1.54, 1.807) is 24.3 Å². The lowest BCUT2D eigenvalue weighted by atomic mass is 9.87. The monoisotopic (exact) mass is 437 g/mol. The van der Waals surface area contributed by atoms with E-state index in [9.17, 15) is 9.59 Å². The molecule has 0 atom stereocenters. The quantitative estimate of drug-likeness (QED) is 0.568. The third-order valence-corrected chi connectivity index (χ3v) is 6.17. The zero-order valence-electron chi connectivity index (χ0n) is 16.9. The molecule has 31 heavy (non-hydrogen) atoms. The predicted octanol–water partition coefficient (Wildman–Crippen LogP) is 4.40. The fourth-order valence-corrected chi connectivity index (χ4v) is 4.39. The van der Waals surface area contributed by atoms with Gasteiger partial charge in [0.15, 0.2) is 0 Å². The molecule has 4 rings (SSSR count). The van der Waals surface area contributed by atoms with Gasteiger partial charge in [0.25, 0.3) is 5.91 Å². The number of aliphatic carboxylic acids is 1. The average Bonchev–Trinajstić information content (AvgIpc) is 3.22. The molecule has 0 bridgehead atoms. The number of amides is 1. The first-order valence-electron chi connectivity index (χ1n) is 10.2. The second kappa shape index (κ2) is 9.70. The molecule has 1 saturated carbocycles. The normalized spacial score (nSPS) is 18.3. The summed E-state index contributed by atoms with van der Waals surface area (Å²) in [6.07, 6.45) is 3.40. The first-order valence-corrected chi connectivity index (χ1v) is 11.1. The Morgan fingerprint density at radius 3 is 2.39 bits per heavy atom. The maximum absolute atomic E-state index is 12.5. The second-order valence-electron chi connectivity index (χ2n) is 7.57. The topological polar surface area (TPSA) is 101 Å². The van der Waals surface area contributed by atoms with E-state index in [4.69, 9.17) is 9.84 Å². The Kier molecular flexibility index (Phi) is 6.57. The highest BCUT2D eigenvalue weighted by Crippen LogP contribution is 2.28. The van der Waals surface area contributed by atoms with Gasteiger partial charge >= 0.3 is 5.97 Å². The summed E-state index contributed by atoms with van der Waals surface area (Å²) in [5.74, 6) is -0.566. The Bertz CT molecular complexity index is 1030. The van der Waals surface area contributed by atoms with Gasteiger partial charge in [-0.3, -0.25) is 14.9 Å². The van der Waals surface area contributed by atoms with Gasteiger partial charge in [-0.25, -0.2) is 0 Å². The van der Waals surface area contributed by atoms with Crippen molar-refractivity contribution in [2.45, 2.75) is 38.2 Å². The molecule has 1 aliphatic carbocycles. The molecule has 0 spiro atoms. The number of nitrogens with one attached hydrogen (secondary N) is 1. The van der Waals surface area contributed by atoms with Crippen molar-refractivity contribution >= 4 is 28.3 Å². The van der Waals surface area contributed by atoms with Gasteiger partial charge in [-0.15, -0.1) is 10.2 Å². The third kappa shape index (κ3) is 5.67. The van der Waals surface area contributed by atoms with Crippen LogP contribution in [0.1, 0.15) is 46.6 Å². The van der Waals surface area contributed by atoms with Gasteiger partial charge in [0, 0.05) is 12.0 Å². The number of nitrogens with zero attached hydrogens (tertiary/aromatic N) is 2. The molecule has 2 N–H and O–H groups in total. The van der Waals surface area contributed by atoms with E-state index in [1.807, 2.05) is 30.3 Å². The van der Waals surface area contributed by atoms with Crippen molar-refractivity contribution < 1.29 is 19.4 Å². The van der Waals surface area contributed by atoms with E-state index in [0.29, 0.717) is 35.7 Å². The number of carboxylic acids is 1. The van der Waals surface area contributed by atoms with Gasteiger partial charge in [0.05, 0.1) is 12.0 Å². The fraction of sp³-hybridized carbons (Fsp3) is 0.304. The van der Waals surface area contributed by atoms with Gasteiger partial charge < -0.3 is 9.84 Å². The maximum atomic E-state index is 12.5. The van der Waals surface area contributed by atoms with Crippen LogP contribution in [0.2, 0.25) is 0 Å². The van der Waals surface area contributed by atoms with Crippen molar-refractivity contribution in [2.75, 3.05) is 5.32 Å². The molecule has 1 amide bonds. The number of hydrogen-bond donors (Lipinski definition) is 2. The number of benzene rings is 2. The predicted molar refractivity (Wildman–Crippen MR) is 118 cm³/mol. The number of hydrogen-bond acceptors (Lipinski definition) is 6. The highest BCUT2D eigenvalue weighted by Gasteiger charge is 2.26. The van der Waals surface area contributed by atoms with Gasteiger partial charge in [-0.2, -0.15) is 0 Å². The fourth-order valence-electron chi connectivity index (χ4n) is 3.62. The maximum Gasteiger partial charge on any atom is 0.306 e. The van der Waals surface area contributed by atoms with Crippen LogP contribution in [0.4, 0.5) is 5.13 Å². The minimum atomic E-state index is -0.726. The Morgan fingerprint density at radius 2 is 1.71 bits per heavy atom. The first kappa shape index (κ1) is 21.0. The van der Waals surface area contributed by atoms with Crippen molar-refractivity contribution in [1.82, 2.24) is 10.2 Å². The number of carboxylic acid groups (broad SMARTS) is 1. The van der Waals surface area contributed by atoms with Crippen molar-refractivity contribution in [3.63, 3.8) is 0 Å². The Balaban J connectivity index is 1.29. The highest BCUT2D eigenvalue weighted by atomic mass is 32.1. The Morgan fingerprint density at radius 1 is 1.00 bits per heavy atom. The third-order valence-electron chi connectivity index (χ3n) is 5.33. The number of ether oxygens (including phenoxy) is 1. The van der Waals surface area contributed by atoms with Crippen LogP contribution < -0.4 is 10.1 Å². The zero-order valence-corrected chi connectivity index (χ0v) is 17.7. The van der Waals surface area contributed by atoms with Crippen LogP contribution in [-0.4, -0.2) is 33.3 Å². The molecule has 1 fully saturated rings. The highest BCUT2D eigenvalue weighted by molar-refractivity contribution is 7.15. The van der Waals surface area contributed by atoms with E-state index < -0.39 is 5.97 Å². The van der Waals surface area contributed by atoms with Crippen LogP contribution in [0.5, 0.6) is 5.75 Å². The standard InChI is InChI=1S/C23H23N3O4S/c27-21(24-23-26-25-20(31-23)14-15-4-2-1-3-5-15)16-6-10-18(11-7-16)30-19-12-8-17(9-13-19)22(28)29/h1-7,10-11,17,19H,8-9,12-14H2,(H,28,29)(H,24,26,27)/t17-,19+. The van der Waals surface area contributed by atoms with Crippen LogP contribution in [0, 0.1) is 5.92 Å². The van der Waals surface area contributed by atoms with Crippen molar-refractivity contribution in [2.24, 2.45) is 5.92 Å². The number of aromatic nitrogens is 2. The lowest BCUT2D eigenvalue weighted by Crippen LogP contribution is -2.27. The van der Waals surface area contributed by atoms with Crippen molar-refractivity contribution in [3.05, 3.63) is 70.7 Å². The van der Waals surface area contributed by atoms with Gasteiger partial charge in [-0.05, 0) is 55.5 Å². The van der Waals surface area contributed by atoms with E-state index in [-0.39, 0.29) is 17.9 Å². The molecule has 7 nitrogen and oxygen atoms in total. The van der Waals surface area contributed by atoms with Crippen LogP contribution in [-0.2, 0) is 11.2 Å². The Hall–Kier alpha value is -3.26. The number of carbonyl (C=O) groups excluding carboxylic acids is 1. The Labute approximate surface area is 184 Å². The molecule has 160 valence electrons. The summed E-state index contributed by atoms with van der Waals surface area (Å²) < 4.78 is 5.95. The SMILES string of the molecule is O=C(Nc1nnc(Cc2ccccc2)s1)c1ccc(O[C@H]2CC[C@@H](C(=O)O)CC2)cc1. The summed E-state index contributed by atoms with van der Waals surface area (Å²) in [5, 5.41) is 21.4. The molecule has 1 heterocycles. The molecule has 1 aromatic heterocycles. The van der Waals surface area contributed by atoms with Crippen LogP contribution in [0.15, 0.2) is 54.6 Å². The lowest BCUT2D eigenvalue weighted by molar-refractivity contribution is -0.143. The molecule has 0 saturated heterocycles. The molecule has 0 unspecified atom stereocenters. The molecule has 3 aromatic rings. The summed E-state index contributed by atoms with van der Waals surface area (Å²) >= 11 is 1.36. The van der Waals surface area contributed by atoms with Gasteiger partial charge in [0.1, 0.15) is 10.8 Å². The van der Waals surface area contributed by atoms with E-state index in [2.05, 4.69) is 15.5 Å². The molecular formula is C23H23N3O4S. The minimum absolute atomic E-state index is 0.0136. The molecule has 0 aliphatic heterocycles. The molecule has 1 aliphatic rings. The van der Waals surface area contributed by atoms with Crippen molar-refractivity contribution in [1.29, 1.82) is 0 Å². The summed E-state index contributed by atoms with van der Waals surface area (Å²) in [7, 11) is 0. The van der Waals surface area contributed by atoms with Gasteiger partial charge in [-0.1, -0.05) is 41.7 Å². The van der Waals surface area contributed by atoms with Crippen LogP contribution in [0.25, 0.3) is 0 Å². The summed E-state index contributed by atoms with van der Waals surface area (Å²) in [6, 6.07) is 16.9. The van der Waals surface area contributed by atoms with E-state index in [1.165, 1.54) is 11.3 Å². The number of rotatable bonds is 7. The van der Waals surface area contributed by atoms with Gasteiger partial charge in [0.2, 0.25) is 5.13 Å². The van der Waals surface area contributed by atoms with Crippen LogP contribution >= 0.6 is 11.3 Å². The largest absolute Gasteiger partial charge is 0.490 e. The molecule has 0 radical (unpaired) electrons. The first-order chi connectivity index (χ1) is 15.1. The minimum Gasteiger partial charge on any atom is -0.490 e. The van der Waals surface area contributed by atoms with E-state index in [0.717, 1.165) is 23.4 Å². The van der Waals surface area contributed by atoms with Crippen LogP contribution in [0.3, 0.4) is 0 Å². The lowest BCUT2D eigenvalue weighted by Gasteiger charge is -2.26. The number of carbonyl (C=O) groups is 2. The molecule has 2 aromatic carbocycles. The van der Waals surface area contributed by atoms with Crippen molar-refractivity contribution in [3.8, 4) is 5.75 Å². The summed E-state index contributed by atoms with van der Waals surface area (Å²) in [5.41, 5.74) is 1.64. The molecular weight excluding hydrogens is 414 g/mol. The summed E-state index contributed by atoms with van der Waals surface area (Å²) in [6.45, 7) is 0. The zero-order chi connectivity index (χ0) is 21.6.